The molecule has 5 nitrogen and oxygen atoms in total. The van der Waals surface area contributed by atoms with Crippen LogP contribution < -0.4 is 10.6 Å². The van der Waals surface area contributed by atoms with Crippen LogP contribution in [-0.2, 0) is 0 Å². The topological polar surface area (TPSA) is 57.3 Å². The number of hydrogen-bond acceptors (Lipinski definition) is 5. The van der Waals surface area contributed by atoms with Crippen LogP contribution in [0.25, 0.3) is 10.8 Å². The van der Waals surface area contributed by atoms with E-state index in [0.29, 0.717) is 10.7 Å². The number of hydrogen-bond donors (Lipinski definition) is 2. The predicted molar refractivity (Wildman–Crippen MR) is 109 cm³/mol. The van der Waals surface area contributed by atoms with E-state index in [-0.39, 0.29) is 5.91 Å². The third kappa shape index (κ3) is 4.36. The highest BCUT2D eigenvalue weighted by atomic mass is 79.9. The molecule has 130 valence electrons. The molecule has 0 saturated heterocycles. The van der Waals surface area contributed by atoms with Crippen LogP contribution in [0, 0.1) is 0 Å². The number of thiophene rings is 1. The number of aromatic nitrogens is 1. The molecule has 3 aromatic rings. The lowest BCUT2D eigenvalue weighted by Crippen LogP contribution is -2.21. The van der Waals surface area contributed by atoms with Crippen molar-refractivity contribution in [3.8, 4) is 0 Å². The summed E-state index contributed by atoms with van der Waals surface area (Å²) in [5.74, 6) is 1.15. The zero-order valence-corrected chi connectivity index (χ0v) is 16.4. The van der Waals surface area contributed by atoms with Gasteiger partial charge in [-0.2, -0.15) is 0 Å². The first-order chi connectivity index (χ1) is 12.0. The van der Waals surface area contributed by atoms with Gasteiger partial charge in [0.25, 0.3) is 5.91 Å². The Balaban J connectivity index is 1.92. The largest absolute Gasteiger partial charge is 0.368 e. The standard InChI is InChI=1S/C18H19BrN4OS/c1-23(2)9-8-20-17-12-5-3-6-14(19)13(12)11-16(21-17)22-18(24)15-7-4-10-25-15/h3-7,10-11H,8-9H2,1-2H3,(H2,20,21,22,24). The van der Waals surface area contributed by atoms with Gasteiger partial charge in [0.05, 0.1) is 4.88 Å². The minimum Gasteiger partial charge on any atom is -0.368 e. The molecule has 0 atom stereocenters. The van der Waals surface area contributed by atoms with Gasteiger partial charge in [-0.25, -0.2) is 4.98 Å². The van der Waals surface area contributed by atoms with Crippen molar-refractivity contribution in [2.75, 3.05) is 37.8 Å². The minimum absolute atomic E-state index is 0.145. The van der Waals surface area contributed by atoms with Crippen LogP contribution in [-0.4, -0.2) is 43.0 Å². The minimum atomic E-state index is -0.145. The maximum atomic E-state index is 12.3. The number of carbonyl (C=O) groups excluding carboxylic acids is 1. The summed E-state index contributed by atoms with van der Waals surface area (Å²) >= 11 is 5.00. The van der Waals surface area contributed by atoms with Gasteiger partial charge in [-0.3, -0.25) is 4.79 Å². The first kappa shape index (κ1) is 17.8. The van der Waals surface area contributed by atoms with Crippen molar-refractivity contribution in [2.24, 2.45) is 0 Å². The summed E-state index contributed by atoms with van der Waals surface area (Å²) in [6.45, 7) is 1.66. The van der Waals surface area contributed by atoms with E-state index in [1.807, 2.05) is 49.8 Å². The summed E-state index contributed by atoms with van der Waals surface area (Å²) in [5.41, 5.74) is 0. The van der Waals surface area contributed by atoms with Crippen LogP contribution in [0.4, 0.5) is 11.6 Å². The second-order valence-electron chi connectivity index (χ2n) is 5.85. The molecule has 0 saturated carbocycles. The molecule has 3 rings (SSSR count). The van der Waals surface area contributed by atoms with Crippen molar-refractivity contribution in [1.29, 1.82) is 0 Å². The number of rotatable bonds is 6. The first-order valence-corrected chi connectivity index (χ1v) is 9.54. The van der Waals surface area contributed by atoms with Crippen LogP contribution in [0.3, 0.4) is 0 Å². The maximum Gasteiger partial charge on any atom is 0.266 e. The molecule has 0 spiro atoms. The molecule has 0 unspecified atom stereocenters. The molecule has 2 heterocycles. The number of likely N-dealkylation sites (N-methyl/N-ethyl adjacent to an activating group) is 1. The predicted octanol–water partition coefficient (Wildman–Crippen LogP) is 4.28. The molecule has 2 aromatic heterocycles. The van der Waals surface area contributed by atoms with Crippen molar-refractivity contribution in [3.63, 3.8) is 0 Å². The Kier molecular flexibility index (Phi) is 5.67. The molecular weight excluding hydrogens is 400 g/mol. The van der Waals surface area contributed by atoms with E-state index in [1.165, 1.54) is 11.3 Å². The smallest absolute Gasteiger partial charge is 0.266 e. The molecule has 0 aliphatic carbocycles. The Morgan fingerprint density at radius 1 is 1.24 bits per heavy atom. The summed E-state index contributed by atoms with van der Waals surface area (Å²) in [7, 11) is 4.06. The van der Waals surface area contributed by atoms with Gasteiger partial charge in [0.2, 0.25) is 0 Å². The van der Waals surface area contributed by atoms with Gasteiger partial charge < -0.3 is 15.5 Å². The van der Waals surface area contributed by atoms with Crippen LogP contribution in [0.1, 0.15) is 9.67 Å². The Morgan fingerprint density at radius 3 is 2.80 bits per heavy atom. The molecule has 0 radical (unpaired) electrons. The van der Waals surface area contributed by atoms with E-state index in [2.05, 4.69) is 36.4 Å². The van der Waals surface area contributed by atoms with Crippen molar-refractivity contribution < 1.29 is 4.79 Å². The number of carbonyl (C=O) groups is 1. The van der Waals surface area contributed by atoms with Crippen molar-refractivity contribution in [2.45, 2.75) is 0 Å². The lowest BCUT2D eigenvalue weighted by atomic mass is 10.1. The number of benzene rings is 1. The number of pyridine rings is 1. The van der Waals surface area contributed by atoms with Crippen LogP contribution in [0.15, 0.2) is 46.3 Å². The van der Waals surface area contributed by atoms with Gasteiger partial charge in [-0.1, -0.05) is 34.1 Å². The molecular formula is C18H19BrN4OS. The normalized spacial score (nSPS) is 11.0. The summed E-state index contributed by atoms with van der Waals surface area (Å²) in [5, 5.41) is 10.2. The number of anilines is 2. The van der Waals surface area contributed by atoms with E-state index >= 15 is 0 Å². The number of nitrogens with zero attached hydrogens (tertiary/aromatic N) is 2. The second-order valence-corrected chi connectivity index (χ2v) is 7.65. The molecule has 0 bridgehead atoms. The highest BCUT2D eigenvalue weighted by molar-refractivity contribution is 9.10. The monoisotopic (exact) mass is 418 g/mol. The molecule has 0 aliphatic rings. The average Bonchev–Trinajstić information content (AvgIpc) is 3.10. The molecule has 1 aromatic carbocycles. The van der Waals surface area contributed by atoms with Gasteiger partial charge in [-0.05, 0) is 37.7 Å². The Bertz CT molecular complexity index is 880. The lowest BCUT2D eigenvalue weighted by Gasteiger charge is -2.14. The summed E-state index contributed by atoms with van der Waals surface area (Å²) < 4.78 is 0.967. The summed E-state index contributed by atoms with van der Waals surface area (Å²) in [4.78, 5) is 19.7. The molecule has 25 heavy (non-hydrogen) atoms. The van der Waals surface area contributed by atoms with Gasteiger partial charge in [0.15, 0.2) is 0 Å². The van der Waals surface area contributed by atoms with E-state index in [0.717, 1.165) is 34.2 Å². The molecule has 0 aliphatic heterocycles. The second kappa shape index (κ2) is 7.95. The number of halogens is 1. The third-order valence-electron chi connectivity index (χ3n) is 3.66. The van der Waals surface area contributed by atoms with Crippen molar-refractivity contribution in [3.05, 3.63) is 51.1 Å². The quantitative estimate of drug-likeness (QED) is 0.626. The fourth-order valence-corrected chi connectivity index (χ4v) is 3.52. The zero-order valence-electron chi connectivity index (χ0n) is 14.0. The number of fused-ring (bicyclic) bond motifs is 1. The van der Waals surface area contributed by atoms with E-state index in [4.69, 9.17) is 0 Å². The fraction of sp³-hybridized carbons (Fsp3) is 0.222. The first-order valence-electron chi connectivity index (χ1n) is 7.87. The molecule has 0 fully saturated rings. The van der Waals surface area contributed by atoms with E-state index < -0.39 is 0 Å². The molecule has 2 N–H and O–H groups in total. The maximum absolute atomic E-state index is 12.3. The van der Waals surface area contributed by atoms with Crippen LogP contribution in [0.5, 0.6) is 0 Å². The van der Waals surface area contributed by atoms with E-state index in [1.54, 1.807) is 6.07 Å². The number of amides is 1. The zero-order chi connectivity index (χ0) is 17.8. The van der Waals surface area contributed by atoms with Crippen molar-refractivity contribution in [1.82, 2.24) is 9.88 Å². The van der Waals surface area contributed by atoms with Crippen molar-refractivity contribution >= 4 is 55.6 Å². The average molecular weight is 419 g/mol. The Hall–Kier alpha value is -1.96. The SMILES string of the molecule is CN(C)CCNc1nc(NC(=O)c2cccs2)cc2c(Br)cccc12. The Labute approximate surface area is 159 Å². The van der Waals surface area contributed by atoms with Crippen LogP contribution >= 0.6 is 27.3 Å². The van der Waals surface area contributed by atoms with Gasteiger partial charge in [0, 0.05) is 28.3 Å². The van der Waals surface area contributed by atoms with Crippen LogP contribution in [0.2, 0.25) is 0 Å². The summed E-state index contributed by atoms with van der Waals surface area (Å²) in [6.07, 6.45) is 0. The van der Waals surface area contributed by atoms with Gasteiger partial charge >= 0.3 is 0 Å². The van der Waals surface area contributed by atoms with Gasteiger partial charge in [-0.15, -0.1) is 11.3 Å². The fourth-order valence-electron chi connectivity index (χ4n) is 2.42. The molecule has 7 heteroatoms. The van der Waals surface area contributed by atoms with Gasteiger partial charge in [0.1, 0.15) is 11.6 Å². The Morgan fingerprint density at radius 2 is 2.08 bits per heavy atom. The number of nitrogens with one attached hydrogen (secondary N) is 2. The summed E-state index contributed by atoms with van der Waals surface area (Å²) in [6, 6.07) is 11.5. The highest BCUT2D eigenvalue weighted by Crippen LogP contribution is 2.30. The highest BCUT2D eigenvalue weighted by Gasteiger charge is 2.12. The van der Waals surface area contributed by atoms with E-state index in [9.17, 15) is 4.79 Å². The molecule has 1 amide bonds. The third-order valence-corrected chi connectivity index (χ3v) is 5.22. The lowest BCUT2D eigenvalue weighted by molar-refractivity contribution is 0.103.